The third-order valence-corrected chi connectivity index (χ3v) is 5.31. The number of aromatic nitrogens is 1. The minimum Gasteiger partial charge on any atom is -0.495 e. The van der Waals surface area contributed by atoms with Crippen molar-refractivity contribution >= 4 is 40.0 Å². The van der Waals surface area contributed by atoms with Gasteiger partial charge in [-0.2, -0.15) is 0 Å². The zero-order valence-corrected chi connectivity index (χ0v) is 17.1. The van der Waals surface area contributed by atoms with Crippen LogP contribution in [0.2, 0.25) is 0 Å². The van der Waals surface area contributed by atoms with E-state index in [0.717, 1.165) is 0 Å². The Kier molecular flexibility index (Phi) is 6.65. The summed E-state index contributed by atoms with van der Waals surface area (Å²) in [7, 11) is 1.54. The third kappa shape index (κ3) is 5.44. The Morgan fingerprint density at radius 1 is 1.10 bits per heavy atom. The van der Waals surface area contributed by atoms with E-state index in [0.29, 0.717) is 48.4 Å². The number of thiazole rings is 1. The van der Waals surface area contributed by atoms with Crippen LogP contribution >= 0.6 is 11.3 Å². The average molecular weight is 417 g/mol. The molecule has 9 nitrogen and oxygen atoms in total. The summed E-state index contributed by atoms with van der Waals surface area (Å²) in [5.41, 5.74) is 1.16. The van der Waals surface area contributed by atoms with Crippen LogP contribution in [-0.2, 0) is 16.0 Å². The number of amides is 4. The summed E-state index contributed by atoms with van der Waals surface area (Å²) in [5.74, 6) is 0.371. The minimum absolute atomic E-state index is 0.0148. The molecule has 0 bridgehead atoms. The third-order valence-electron chi connectivity index (χ3n) is 4.50. The Morgan fingerprint density at radius 3 is 2.48 bits per heavy atom. The first-order chi connectivity index (χ1) is 14.0. The molecule has 10 heteroatoms. The van der Waals surface area contributed by atoms with E-state index in [2.05, 4.69) is 15.6 Å². The number of nitrogens with one attached hydrogen (secondary N) is 2. The van der Waals surface area contributed by atoms with Gasteiger partial charge in [-0.3, -0.25) is 14.9 Å². The highest BCUT2D eigenvalue weighted by atomic mass is 32.1. The topological polar surface area (TPSA) is 104 Å². The van der Waals surface area contributed by atoms with Crippen molar-refractivity contribution in [3.63, 3.8) is 0 Å². The van der Waals surface area contributed by atoms with Gasteiger partial charge in [0.25, 0.3) is 0 Å². The number of urea groups is 1. The molecule has 154 valence electrons. The standard InChI is InChI=1S/C19H23N5O4S/c1-13(25)23-7-9-24(10-8-23)19(27)22-18-20-14(12-29-18)11-17(26)21-15-5-3-4-6-16(15)28-2/h3-6,12H,7-11H2,1-2H3,(H,21,26)(H,20,22,27). The summed E-state index contributed by atoms with van der Waals surface area (Å²) in [6.45, 7) is 3.52. The fraction of sp³-hybridized carbons (Fsp3) is 0.368. The second-order valence-corrected chi connectivity index (χ2v) is 7.35. The second-order valence-electron chi connectivity index (χ2n) is 6.49. The van der Waals surface area contributed by atoms with Crippen LogP contribution in [-0.4, -0.2) is 65.9 Å². The van der Waals surface area contributed by atoms with Crippen molar-refractivity contribution in [2.75, 3.05) is 43.9 Å². The number of piperazine rings is 1. The van der Waals surface area contributed by atoms with Gasteiger partial charge in [-0.05, 0) is 12.1 Å². The summed E-state index contributed by atoms with van der Waals surface area (Å²) >= 11 is 1.26. The Hall–Kier alpha value is -3.14. The lowest BCUT2D eigenvalue weighted by molar-refractivity contribution is -0.130. The van der Waals surface area contributed by atoms with E-state index in [9.17, 15) is 14.4 Å². The molecule has 29 heavy (non-hydrogen) atoms. The van der Waals surface area contributed by atoms with Crippen LogP contribution in [0.4, 0.5) is 15.6 Å². The Balaban J connectivity index is 1.51. The first kappa shape index (κ1) is 20.6. The van der Waals surface area contributed by atoms with Crippen molar-refractivity contribution in [1.29, 1.82) is 0 Å². The highest BCUT2D eigenvalue weighted by Gasteiger charge is 2.23. The quantitative estimate of drug-likeness (QED) is 0.775. The minimum atomic E-state index is -0.257. The molecule has 3 rings (SSSR count). The van der Waals surface area contributed by atoms with Gasteiger partial charge in [0.15, 0.2) is 5.13 Å². The molecule has 2 heterocycles. The maximum absolute atomic E-state index is 12.4. The average Bonchev–Trinajstić information content (AvgIpc) is 3.14. The molecule has 2 aromatic rings. The number of hydrogen-bond acceptors (Lipinski definition) is 6. The van der Waals surface area contributed by atoms with Crippen LogP contribution in [0.15, 0.2) is 29.6 Å². The Labute approximate surface area is 172 Å². The molecule has 2 N–H and O–H groups in total. The molecule has 1 aromatic heterocycles. The molecule has 0 atom stereocenters. The highest BCUT2D eigenvalue weighted by molar-refractivity contribution is 7.13. The molecule has 1 aliphatic heterocycles. The predicted molar refractivity (Wildman–Crippen MR) is 110 cm³/mol. The van der Waals surface area contributed by atoms with E-state index in [1.165, 1.54) is 18.3 Å². The van der Waals surface area contributed by atoms with Gasteiger partial charge in [-0.15, -0.1) is 11.3 Å². The van der Waals surface area contributed by atoms with Crippen LogP contribution in [0.1, 0.15) is 12.6 Å². The SMILES string of the molecule is COc1ccccc1NC(=O)Cc1csc(NC(=O)N2CCN(C(C)=O)CC2)n1. The number of hydrogen-bond donors (Lipinski definition) is 2. The molecule has 1 aliphatic rings. The molecule has 0 unspecified atom stereocenters. The number of nitrogens with zero attached hydrogens (tertiary/aromatic N) is 3. The maximum Gasteiger partial charge on any atom is 0.323 e. The van der Waals surface area contributed by atoms with Crippen molar-refractivity contribution in [3.05, 3.63) is 35.3 Å². The molecule has 1 aromatic carbocycles. The molecule has 4 amide bonds. The first-order valence-corrected chi connectivity index (χ1v) is 10.0. The van der Waals surface area contributed by atoms with E-state index < -0.39 is 0 Å². The van der Waals surface area contributed by atoms with E-state index in [-0.39, 0.29) is 24.3 Å². The second kappa shape index (κ2) is 9.37. The zero-order chi connectivity index (χ0) is 20.8. The smallest absolute Gasteiger partial charge is 0.323 e. The van der Waals surface area contributed by atoms with Gasteiger partial charge in [0.1, 0.15) is 5.75 Å². The monoisotopic (exact) mass is 417 g/mol. The van der Waals surface area contributed by atoms with E-state index in [4.69, 9.17) is 4.74 Å². The fourth-order valence-electron chi connectivity index (χ4n) is 2.95. The molecular formula is C19H23N5O4S. The molecular weight excluding hydrogens is 394 g/mol. The number of methoxy groups -OCH3 is 1. The van der Waals surface area contributed by atoms with Gasteiger partial charge in [-0.1, -0.05) is 12.1 Å². The number of rotatable bonds is 5. The van der Waals surface area contributed by atoms with Crippen molar-refractivity contribution in [2.45, 2.75) is 13.3 Å². The van der Waals surface area contributed by atoms with Gasteiger partial charge >= 0.3 is 6.03 Å². The summed E-state index contributed by atoms with van der Waals surface area (Å²) in [4.78, 5) is 43.7. The largest absolute Gasteiger partial charge is 0.495 e. The van der Waals surface area contributed by atoms with Gasteiger partial charge < -0.3 is 19.9 Å². The Morgan fingerprint density at radius 2 is 1.79 bits per heavy atom. The molecule has 1 fully saturated rings. The number of carbonyl (C=O) groups is 3. The number of benzene rings is 1. The molecule has 0 spiro atoms. The fourth-order valence-corrected chi connectivity index (χ4v) is 3.65. The van der Waals surface area contributed by atoms with Crippen molar-refractivity contribution in [1.82, 2.24) is 14.8 Å². The summed E-state index contributed by atoms with van der Waals surface area (Å²) < 4.78 is 5.22. The van der Waals surface area contributed by atoms with Crippen LogP contribution in [0.3, 0.4) is 0 Å². The van der Waals surface area contributed by atoms with Crippen molar-refractivity contribution < 1.29 is 19.1 Å². The number of ether oxygens (including phenoxy) is 1. The van der Waals surface area contributed by atoms with Crippen molar-refractivity contribution in [2.24, 2.45) is 0 Å². The van der Waals surface area contributed by atoms with Gasteiger partial charge in [0.2, 0.25) is 11.8 Å². The number of para-hydroxylation sites is 2. The Bertz CT molecular complexity index is 892. The zero-order valence-electron chi connectivity index (χ0n) is 16.3. The summed E-state index contributed by atoms with van der Waals surface area (Å²) in [5, 5.41) is 7.73. The van der Waals surface area contributed by atoms with Crippen molar-refractivity contribution in [3.8, 4) is 5.75 Å². The number of carbonyl (C=O) groups excluding carboxylic acids is 3. The lowest BCUT2D eigenvalue weighted by Gasteiger charge is -2.33. The maximum atomic E-state index is 12.4. The predicted octanol–water partition coefficient (Wildman–Crippen LogP) is 2.03. The normalized spacial score (nSPS) is 13.7. The lowest BCUT2D eigenvalue weighted by atomic mass is 10.2. The molecule has 0 saturated carbocycles. The van der Waals surface area contributed by atoms with Gasteiger partial charge in [0.05, 0.1) is 24.9 Å². The summed E-state index contributed by atoms with van der Waals surface area (Å²) in [6.07, 6.45) is 0.0850. The first-order valence-electron chi connectivity index (χ1n) is 9.15. The highest BCUT2D eigenvalue weighted by Crippen LogP contribution is 2.23. The van der Waals surface area contributed by atoms with Crippen LogP contribution in [0.25, 0.3) is 0 Å². The van der Waals surface area contributed by atoms with Gasteiger partial charge in [-0.25, -0.2) is 9.78 Å². The van der Waals surface area contributed by atoms with Gasteiger partial charge in [0, 0.05) is 38.5 Å². The molecule has 1 saturated heterocycles. The number of anilines is 2. The van der Waals surface area contributed by atoms with E-state index >= 15 is 0 Å². The van der Waals surface area contributed by atoms with E-state index in [1.54, 1.807) is 34.4 Å². The van der Waals surface area contributed by atoms with Crippen LogP contribution < -0.4 is 15.4 Å². The molecule has 0 aliphatic carbocycles. The van der Waals surface area contributed by atoms with E-state index in [1.807, 2.05) is 12.1 Å². The lowest BCUT2D eigenvalue weighted by Crippen LogP contribution is -2.51. The van der Waals surface area contributed by atoms with Crippen LogP contribution in [0, 0.1) is 0 Å². The van der Waals surface area contributed by atoms with Crippen LogP contribution in [0.5, 0.6) is 5.75 Å². The summed E-state index contributed by atoms with van der Waals surface area (Å²) in [6, 6.07) is 6.90. The molecule has 0 radical (unpaired) electrons.